The number of rotatable bonds is 2. The van der Waals surface area contributed by atoms with Crippen molar-refractivity contribution in [1.82, 2.24) is 9.97 Å². The fourth-order valence-electron chi connectivity index (χ4n) is 2.11. The monoisotopic (exact) mass is 356 g/mol. The van der Waals surface area contributed by atoms with Crippen molar-refractivity contribution in [3.8, 4) is 11.3 Å². The van der Waals surface area contributed by atoms with E-state index in [1.54, 1.807) is 6.92 Å². The first-order chi connectivity index (χ1) is 9.49. The lowest BCUT2D eigenvalue weighted by atomic mass is 10.1. The van der Waals surface area contributed by atoms with E-state index in [1.807, 2.05) is 0 Å². The van der Waals surface area contributed by atoms with Crippen molar-refractivity contribution in [2.75, 3.05) is 0 Å². The molecule has 1 aromatic carbocycles. The van der Waals surface area contributed by atoms with Crippen molar-refractivity contribution in [2.24, 2.45) is 0 Å². The molecule has 1 fully saturated rings. The summed E-state index contributed by atoms with van der Waals surface area (Å²) >= 11 is 8.29. The highest BCUT2D eigenvalue weighted by Crippen LogP contribution is 2.40. The van der Waals surface area contributed by atoms with E-state index in [0.717, 1.165) is 18.7 Å². The van der Waals surface area contributed by atoms with Gasteiger partial charge in [-0.25, -0.2) is 13.8 Å². The Kier molecular flexibility index (Phi) is 3.46. The van der Waals surface area contributed by atoms with E-state index < -0.39 is 11.6 Å². The summed E-state index contributed by atoms with van der Waals surface area (Å²) in [6.45, 7) is 1.72. The molecule has 0 radical (unpaired) electrons. The second kappa shape index (κ2) is 5.00. The number of nitrogens with zero attached hydrogens (tertiary/aromatic N) is 1. The maximum Gasteiger partial charge on any atom is 0.149 e. The summed E-state index contributed by atoms with van der Waals surface area (Å²) in [4.78, 5) is 7.37. The van der Waals surface area contributed by atoms with Gasteiger partial charge >= 0.3 is 0 Å². The molecule has 0 spiro atoms. The van der Waals surface area contributed by atoms with Crippen molar-refractivity contribution in [1.29, 1.82) is 0 Å². The Bertz CT molecular complexity index is 754. The first-order valence-corrected chi connectivity index (χ1v) is 7.44. The van der Waals surface area contributed by atoms with E-state index in [1.165, 1.54) is 12.1 Å². The standard InChI is InChI=1S/C14H11BrF2N2S/c1-6-12(10-9(16)5-4-8(15)11(10)17)18-13(7-2-3-7)19-14(6)20/h4-5,7H,2-3H2,1H3,(H,18,19,20). The first-order valence-electron chi connectivity index (χ1n) is 6.23. The van der Waals surface area contributed by atoms with Crippen molar-refractivity contribution >= 4 is 28.1 Å². The van der Waals surface area contributed by atoms with Gasteiger partial charge in [0.2, 0.25) is 0 Å². The summed E-state index contributed by atoms with van der Waals surface area (Å²) in [6, 6.07) is 2.58. The zero-order chi connectivity index (χ0) is 14.4. The molecule has 20 heavy (non-hydrogen) atoms. The van der Waals surface area contributed by atoms with Crippen molar-refractivity contribution in [3.63, 3.8) is 0 Å². The molecule has 2 nitrogen and oxygen atoms in total. The van der Waals surface area contributed by atoms with Gasteiger partial charge in [0, 0.05) is 11.5 Å². The van der Waals surface area contributed by atoms with Gasteiger partial charge in [0.05, 0.1) is 15.7 Å². The average molecular weight is 357 g/mol. The van der Waals surface area contributed by atoms with Crippen LogP contribution >= 0.6 is 28.1 Å². The third kappa shape index (κ3) is 2.31. The fourth-order valence-corrected chi connectivity index (χ4v) is 2.64. The predicted molar refractivity (Wildman–Crippen MR) is 79.2 cm³/mol. The Morgan fingerprint density at radius 2 is 2.05 bits per heavy atom. The van der Waals surface area contributed by atoms with Crippen molar-refractivity contribution in [2.45, 2.75) is 25.7 Å². The topological polar surface area (TPSA) is 28.7 Å². The molecule has 1 saturated carbocycles. The second-order valence-corrected chi connectivity index (χ2v) is 6.16. The van der Waals surface area contributed by atoms with Gasteiger partial charge in [0.1, 0.15) is 22.1 Å². The van der Waals surface area contributed by atoms with Crippen LogP contribution in [0.25, 0.3) is 11.3 Å². The molecule has 6 heteroatoms. The smallest absolute Gasteiger partial charge is 0.149 e. The number of aromatic nitrogens is 2. The molecule has 3 rings (SSSR count). The fraction of sp³-hybridized carbons (Fsp3) is 0.286. The third-order valence-electron chi connectivity index (χ3n) is 3.43. The average Bonchev–Trinajstić information content (AvgIpc) is 3.23. The summed E-state index contributed by atoms with van der Waals surface area (Å²) in [5.74, 6) is -0.206. The highest BCUT2D eigenvalue weighted by atomic mass is 79.9. The molecule has 0 saturated heterocycles. The number of benzene rings is 1. The summed E-state index contributed by atoms with van der Waals surface area (Å²) in [5.41, 5.74) is 0.871. The van der Waals surface area contributed by atoms with Gasteiger partial charge in [-0.3, -0.25) is 0 Å². The molecule has 0 amide bonds. The molecule has 0 aliphatic heterocycles. The van der Waals surface area contributed by atoms with Crippen LogP contribution in [0.15, 0.2) is 16.6 Å². The summed E-state index contributed by atoms with van der Waals surface area (Å²) in [5, 5.41) is 0. The molecule has 1 aliphatic carbocycles. The third-order valence-corrected chi connectivity index (χ3v) is 4.44. The van der Waals surface area contributed by atoms with Gasteiger partial charge in [0.15, 0.2) is 0 Å². The van der Waals surface area contributed by atoms with E-state index in [2.05, 4.69) is 25.9 Å². The molecule has 104 valence electrons. The molecular formula is C14H11BrF2N2S. The van der Waals surface area contributed by atoms with Crippen LogP contribution in [0.2, 0.25) is 0 Å². The van der Waals surface area contributed by atoms with E-state index >= 15 is 0 Å². The molecular weight excluding hydrogens is 346 g/mol. The van der Waals surface area contributed by atoms with Gasteiger partial charge in [-0.1, -0.05) is 12.2 Å². The van der Waals surface area contributed by atoms with Crippen molar-refractivity contribution < 1.29 is 8.78 Å². The Hall–Kier alpha value is -1.14. The first kappa shape index (κ1) is 13.8. The number of aromatic amines is 1. The van der Waals surface area contributed by atoms with Gasteiger partial charge in [0.25, 0.3) is 0 Å². The van der Waals surface area contributed by atoms with Crippen LogP contribution in [0, 0.1) is 23.2 Å². The Morgan fingerprint density at radius 1 is 1.35 bits per heavy atom. The predicted octanol–water partition coefficient (Wildman–Crippen LogP) is 5.03. The van der Waals surface area contributed by atoms with Gasteiger partial charge in [-0.05, 0) is 47.8 Å². The van der Waals surface area contributed by atoms with Crippen LogP contribution in [0.5, 0.6) is 0 Å². The lowest BCUT2D eigenvalue weighted by Gasteiger charge is -2.12. The maximum absolute atomic E-state index is 14.2. The molecule has 1 aromatic heterocycles. The largest absolute Gasteiger partial charge is 0.343 e. The highest BCUT2D eigenvalue weighted by molar-refractivity contribution is 9.10. The zero-order valence-electron chi connectivity index (χ0n) is 10.6. The molecule has 0 atom stereocenters. The van der Waals surface area contributed by atoms with Crippen LogP contribution in [0.1, 0.15) is 30.1 Å². The van der Waals surface area contributed by atoms with Gasteiger partial charge < -0.3 is 4.98 Å². The van der Waals surface area contributed by atoms with Crippen LogP contribution in [0.3, 0.4) is 0 Å². The Morgan fingerprint density at radius 3 is 2.70 bits per heavy atom. The number of halogens is 3. The maximum atomic E-state index is 14.2. The summed E-state index contributed by atoms with van der Waals surface area (Å²) < 4.78 is 28.9. The number of hydrogen-bond donors (Lipinski definition) is 1. The van der Waals surface area contributed by atoms with E-state index in [9.17, 15) is 8.78 Å². The number of H-pyrrole nitrogens is 1. The molecule has 2 aromatic rings. The Balaban J connectivity index is 2.29. The molecule has 1 aliphatic rings. The molecule has 1 heterocycles. The Labute approximate surface area is 128 Å². The number of hydrogen-bond acceptors (Lipinski definition) is 2. The highest BCUT2D eigenvalue weighted by Gasteiger charge is 2.27. The minimum absolute atomic E-state index is 0.0905. The minimum Gasteiger partial charge on any atom is -0.343 e. The second-order valence-electron chi connectivity index (χ2n) is 4.92. The SMILES string of the molecule is Cc1c(-c2c(F)ccc(Br)c2F)[nH]c(C2CC2)nc1=S. The van der Waals surface area contributed by atoms with Gasteiger partial charge in [-0.15, -0.1) is 0 Å². The quantitative estimate of drug-likeness (QED) is 0.603. The lowest BCUT2D eigenvalue weighted by Crippen LogP contribution is -2.02. The van der Waals surface area contributed by atoms with E-state index in [-0.39, 0.29) is 10.0 Å². The van der Waals surface area contributed by atoms with Crippen molar-refractivity contribution in [3.05, 3.63) is 44.3 Å². The van der Waals surface area contributed by atoms with Crippen LogP contribution in [-0.2, 0) is 0 Å². The number of nitrogens with one attached hydrogen (secondary N) is 1. The summed E-state index contributed by atoms with van der Waals surface area (Å²) in [6.07, 6.45) is 2.06. The normalized spacial score (nSPS) is 14.6. The van der Waals surface area contributed by atoms with E-state index in [0.29, 0.717) is 21.8 Å². The lowest BCUT2D eigenvalue weighted by molar-refractivity contribution is 0.583. The zero-order valence-corrected chi connectivity index (χ0v) is 13.0. The van der Waals surface area contributed by atoms with Gasteiger partial charge in [-0.2, -0.15) is 0 Å². The van der Waals surface area contributed by atoms with Crippen LogP contribution in [-0.4, -0.2) is 9.97 Å². The minimum atomic E-state index is -0.633. The molecule has 0 unspecified atom stereocenters. The molecule has 1 N–H and O–H groups in total. The summed E-state index contributed by atoms with van der Waals surface area (Å²) in [7, 11) is 0. The van der Waals surface area contributed by atoms with Crippen LogP contribution < -0.4 is 0 Å². The molecule has 0 bridgehead atoms. The van der Waals surface area contributed by atoms with E-state index in [4.69, 9.17) is 12.2 Å². The van der Waals surface area contributed by atoms with Crippen LogP contribution in [0.4, 0.5) is 8.78 Å².